The first-order valence-corrected chi connectivity index (χ1v) is 8.35. The Labute approximate surface area is 147 Å². The number of esters is 2. The highest BCUT2D eigenvalue weighted by Gasteiger charge is 2.23. The van der Waals surface area contributed by atoms with E-state index in [9.17, 15) is 19.7 Å². The minimum Gasteiger partial charge on any atom is -0.462 e. The van der Waals surface area contributed by atoms with E-state index < -0.39 is 16.9 Å². The topological polar surface area (TPSA) is 95.7 Å². The number of nitro benzene ring substituents is 1. The summed E-state index contributed by atoms with van der Waals surface area (Å²) in [6, 6.07) is 3.45. The molecule has 138 valence electrons. The van der Waals surface area contributed by atoms with E-state index in [-0.39, 0.29) is 30.0 Å². The number of ether oxygens (including phenoxy) is 2. The van der Waals surface area contributed by atoms with Crippen LogP contribution >= 0.6 is 0 Å². The molecular weight excluding hydrogens is 326 g/mol. The van der Waals surface area contributed by atoms with Crippen molar-refractivity contribution < 1.29 is 24.0 Å². The second kappa shape index (κ2) is 9.76. The summed E-state index contributed by atoms with van der Waals surface area (Å²) >= 11 is 0. The van der Waals surface area contributed by atoms with Crippen molar-refractivity contribution in [2.75, 3.05) is 13.2 Å². The van der Waals surface area contributed by atoms with Crippen molar-refractivity contribution in [3.05, 3.63) is 39.4 Å². The van der Waals surface area contributed by atoms with Crippen LogP contribution in [0.1, 0.15) is 61.3 Å². The molecule has 0 aliphatic rings. The summed E-state index contributed by atoms with van der Waals surface area (Å²) < 4.78 is 10.3. The lowest BCUT2D eigenvalue weighted by molar-refractivity contribution is -0.384. The van der Waals surface area contributed by atoms with Crippen LogP contribution in [0.2, 0.25) is 0 Å². The first-order valence-electron chi connectivity index (χ1n) is 8.35. The molecule has 0 saturated heterocycles. The molecule has 7 nitrogen and oxygen atoms in total. The quantitative estimate of drug-likeness (QED) is 0.379. The maximum Gasteiger partial charge on any atom is 0.339 e. The van der Waals surface area contributed by atoms with Gasteiger partial charge in [0.2, 0.25) is 0 Å². The molecule has 0 saturated carbocycles. The van der Waals surface area contributed by atoms with Crippen LogP contribution in [0.4, 0.5) is 5.69 Å². The van der Waals surface area contributed by atoms with Crippen LogP contribution < -0.4 is 0 Å². The maximum atomic E-state index is 12.3. The van der Waals surface area contributed by atoms with Gasteiger partial charge in [-0.15, -0.1) is 0 Å². The standard InChI is InChI=1S/C18H25NO6/c1-12(2)7-9-24-17(20)15-6-5-14(19(22)23)11-16(15)18(21)25-10-8-13(3)4/h5-6,11-13H,7-10H2,1-4H3. The van der Waals surface area contributed by atoms with Gasteiger partial charge in [-0.25, -0.2) is 9.59 Å². The molecule has 1 aromatic carbocycles. The van der Waals surface area contributed by atoms with Crippen LogP contribution in [0.3, 0.4) is 0 Å². The lowest BCUT2D eigenvalue weighted by Crippen LogP contribution is -2.16. The molecule has 7 heteroatoms. The Balaban J connectivity index is 2.97. The Kier molecular flexibility index (Phi) is 8.04. The second-order valence-electron chi connectivity index (χ2n) is 6.62. The van der Waals surface area contributed by atoms with E-state index in [4.69, 9.17) is 9.47 Å². The Morgan fingerprint density at radius 3 is 1.88 bits per heavy atom. The van der Waals surface area contributed by atoms with Crippen LogP contribution in [0, 0.1) is 22.0 Å². The maximum absolute atomic E-state index is 12.3. The van der Waals surface area contributed by atoms with Gasteiger partial charge in [-0.2, -0.15) is 0 Å². The molecule has 0 bridgehead atoms. The van der Waals surface area contributed by atoms with Gasteiger partial charge in [0.05, 0.1) is 29.3 Å². The predicted octanol–water partition coefficient (Wildman–Crippen LogP) is 4.00. The fourth-order valence-corrected chi connectivity index (χ4v) is 1.92. The highest BCUT2D eigenvalue weighted by Crippen LogP contribution is 2.20. The number of benzene rings is 1. The lowest BCUT2D eigenvalue weighted by Gasteiger charge is -2.11. The third-order valence-corrected chi connectivity index (χ3v) is 3.51. The van der Waals surface area contributed by atoms with Crippen molar-refractivity contribution >= 4 is 17.6 Å². The van der Waals surface area contributed by atoms with Crippen molar-refractivity contribution in [3.8, 4) is 0 Å². The highest BCUT2D eigenvalue weighted by atomic mass is 16.6. The largest absolute Gasteiger partial charge is 0.462 e. The van der Waals surface area contributed by atoms with Crippen LogP contribution in [-0.4, -0.2) is 30.1 Å². The fraction of sp³-hybridized carbons (Fsp3) is 0.556. The van der Waals surface area contributed by atoms with Crippen LogP contribution in [0.5, 0.6) is 0 Å². The van der Waals surface area contributed by atoms with Gasteiger partial charge in [0.15, 0.2) is 0 Å². The molecule has 0 unspecified atom stereocenters. The van der Waals surface area contributed by atoms with Gasteiger partial charge in [0.25, 0.3) is 5.69 Å². The zero-order chi connectivity index (χ0) is 19.0. The van der Waals surface area contributed by atoms with Crippen molar-refractivity contribution in [2.24, 2.45) is 11.8 Å². The Morgan fingerprint density at radius 2 is 1.44 bits per heavy atom. The van der Waals surface area contributed by atoms with E-state index in [1.165, 1.54) is 12.1 Å². The summed E-state index contributed by atoms with van der Waals surface area (Å²) in [5, 5.41) is 10.9. The number of hydrogen-bond donors (Lipinski definition) is 0. The fourth-order valence-electron chi connectivity index (χ4n) is 1.92. The molecule has 0 atom stereocenters. The van der Waals surface area contributed by atoms with Gasteiger partial charge in [-0.1, -0.05) is 27.7 Å². The molecule has 0 amide bonds. The van der Waals surface area contributed by atoms with E-state index >= 15 is 0 Å². The van der Waals surface area contributed by atoms with Crippen molar-refractivity contribution in [1.29, 1.82) is 0 Å². The number of nitro groups is 1. The van der Waals surface area contributed by atoms with E-state index in [0.29, 0.717) is 24.7 Å². The van der Waals surface area contributed by atoms with Crippen molar-refractivity contribution in [3.63, 3.8) is 0 Å². The summed E-state index contributed by atoms with van der Waals surface area (Å²) in [6.45, 7) is 8.36. The molecular formula is C18H25NO6. The van der Waals surface area contributed by atoms with E-state index in [1.807, 2.05) is 27.7 Å². The number of hydrogen-bond acceptors (Lipinski definition) is 6. The Bertz CT molecular complexity index is 624. The van der Waals surface area contributed by atoms with Gasteiger partial charge in [-0.3, -0.25) is 10.1 Å². The third kappa shape index (κ3) is 6.91. The second-order valence-corrected chi connectivity index (χ2v) is 6.62. The van der Waals surface area contributed by atoms with Crippen LogP contribution in [-0.2, 0) is 9.47 Å². The molecule has 1 rings (SSSR count). The van der Waals surface area contributed by atoms with Gasteiger partial charge in [-0.05, 0) is 30.7 Å². The highest BCUT2D eigenvalue weighted by molar-refractivity contribution is 6.03. The van der Waals surface area contributed by atoms with E-state index in [2.05, 4.69) is 0 Å². The average Bonchev–Trinajstić information content (AvgIpc) is 2.53. The summed E-state index contributed by atoms with van der Waals surface area (Å²) in [4.78, 5) is 34.8. The Morgan fingerprint density at radius 1 is 0.960 bits per heavy atom. The summed E-state index contributed by atoms with van der Waals surface area (Å²) in [6.07, 6.45) is 1.35. The average molecular weight is 351 g/mol. The summed E-state index contributed by atoms with van der Waals surface area (Å²) in [5.74, 6) is -0.741. The lowest BCUT2D eigenvalue weighted by atomic mass is 10.1. The monoisotopic (exact) mass is 351 g/mol. The Hall–Kier alpha value is -2.44. The van der Waals surface area contributed by atoms with Crippen molar-refractivity contribution in [2.45, 2.75) is 40.5 Å². The minimum absolute atomic E-state index is 0.0242. The predicted molar refractivity (Wildman–Crippen MR) is 92.6 cm³/mol. The molecule has 25 heavy (non-hydrogen) atoms. The number of carbonyl (C=O) groups is 2. The van der Waals surface area contributed by atoms with Gasteiger partial charge >= 0.3 is 11.9 Å². The van der Waals surface area contributed by atoms with Crippen LogP contribution in [0.25, 0.3) is 0 Å². The molecule has 0 radical (unpaired) electrons. The smallest absolute Gasteiger partial charge is 0.339 e. The van der Waals surface area contributed by atoms with E-state index in [0.717, 1.165) is 6.07 Å². The van der Waals surface area contributed by atoms with Gasteiger partial charge in [0.1, 0.15) is 0 Å². The third-order valence-electron chi connectivity index (χ3n) is 3.51. The molecule has 0 N–H and O–H groups in total. The SMILES string of the molecule is CC(C)CCOC(=O)c1ccc([N+](=O)[O-])cc1C(=O)OCCC(C)C. The van der Waals surface area contributed by atoms with Gasteiger partial charge < -0.3 is 9.47 Å². The molecule has 0 spiro atoms. The summed E-state index contributed by atoms with van der Waals surface area (Å²) in [5.41, 5.74) is -0.453. The normalized spacial score (nSPS) is 10.8. The molecule has 0 aromatic heterocycles. The van der Waals surface area contributed by atoms with E-state index in [1.54, 1.807) is 0 Å². The summed E-state index contributed by atoms with van der Waals surface area (Å²) in [7, 11) is 0. The molecule has 1 aromatic rings. The first kappa shape index (κ1) is 20.6. The molecule has 0 fully saturated rings. The molecule has 0 heterocycles. The van der Waals surface area contributed by atoms with Crippen molar-refractivity contribution in [1.82, 2.24) is 0 Å². The van der Waals surface area contributed by atoms with Gasteiger partial charge in [0, 0.05) is 12.1 Å². The number of nitrogens with zero attached hydrogens (tertiary/aromatic N) is 1. The zero-order valence-electron chi connectivity index (χ0n) is 15.1. The molecule has 0 aliphatic carbocycles. The first-order chi connectivity index (χ1) is 11.7. The number of rotatable bonds is 9. The minimum atomic E-state index is -0.764. The zero-order valence-corrected chi connectivity index (χ0v) is 15.1. The number of carbonyl (C=O) groups excluding carboxylic acids is 2. The van der Waals surface area contributed by atoms with Crippen LogP contribution in [0.15, 0.2) is 18.2 Å². The molecule has 0 aliphatic heterocycles. The number of non-ortho nitro benzene ring substituents is 1.